The van der Waals surface area contributed by atoms with E-state index in [1.54, 1.807) is 7.05 Å². The first kappa shape index (κ1) is 16.0. The number of imidazole rings is 1. The fraction of sp³-hybridized carbons (Fsp3) is 0.750. The SMILES string of the molecule is CCC(CC)CN(CC)S(=O)(=O)c1c(N)ncn1C. The van der Waals surface area contributed by atoms with Gasteiger partial charge in [-0.1, -0.05) is 33.6 Å². The molecule has 0 fully saturated rings. The van der Waals surface area contributed by atoms with E-state index < -0.39 is 10.0 Å². The molecule has 0 aliphatic rings. The molecule has 7 heteroatoms. The summed E-state index contributed by atoms with van der Waals surface area (Å²) in [7, 11) is -1.94. The molecule has 1 heterocycles. The van der Waals surface area contributed by atoms with Crippen molar-refractivity contribution in [2.24, 2.45) is 13.0 Å². The number of nitrogen functional groups attached to an aromatic ring is 1. The maximum absolute atomic E-state index is 12.6. The second-order valence-corrected chi connectivity index (χ2v) is 6.54. The first-order chi connectivity index (χ1) is 8.88. The molecule has 1 rings (SSSR count). The molecule has 0 radical (unpaired) electrons. The third-order valence-corrected chi connectivity index (χ3v) is 5.54. The van der Waals surface area contributed by atoms with E-state index in [1.165, 1.54) is 15.2 Å². The van der Waals surface area contributed by atoms with Crippen LogP contribution < -0.4 is 5.73 Å². The lowest BCUT2D eigenvalue weighted by atomic mass is 10.0. The normalized spacial score (nSPS) is 12.5. The summed E-state index contributed by atoms with van der Waals surface area (Å²) in [6.45, 7) is 6.95. The number of hydrogen-bond acceptors (Lipinski definition) is 4. The molecule has 2 N–H and O–H groups in total. The molecule has 0 amide bonds. The predicted molar refractivity (Wildman–Crippen MR) is 76.1 cm³/mol. The lowest BCUT2D eigenvalue weighted by Crippen LogP contribution is -2.36. The van der Waals surface area contributed by atoms with E-state index in [9.17, 15) is 8.42 Å². The Hall–Kier alpha value is -1.08. The summed E-state index contributed by atoms with van der Waals surface area (Å²) in [4.78, 5) is 3.85. The number of nitrogens with two attached hydrogens (primary N) is 1. The van der Waals surface area contributed by atoms with Crippen LogP contribution in [0.25, 0.3) is 0 Å². The van der Waals surface area contributed by atoms with E-state index in [4.69, 9.17) is 5.73 Å². The third-order valence-electron chi connectivity index (χ3n) is 3.46. The summed E-state index contributed by atoms with van der Waals surface area (Å²) in [6, 6.07) is 0. The maximum Gasteiger partial charge on any atom is 0.262 e. The number of nitrogens with zero attached hydrogens (tertiary/aromatic N) is 3. The molecule has 6 nitrogen and oxygen atoms in total. The molecule has 0 aliphatic carbocycles. The maximum atomic E-state index is 12.6. The molecule has 0 saturated heterocycles. The molecule has 1 aromatic heterocycles. The molecule has 19 heavy (non-hydrogen) atoms. The zero-order valence-corrected chi connectivity index (χ0v) is 12.9. The summed E-state index contributed by atoms with van der Waals surface area (Å²) in [5.41, 5.74) is 5.68. The number of sulfonamides is 1. The highest BCUT2D eigenvalue weighted by Crippen LogP contribution is 2.22. The van der Waals surface area contributed by atoms with Gasteiger partial charge in [-0.25, -0.2) is 13.4 Å². The molecule has 0 spiro atoms. The van der Waals surface area contributed by atoms with E-state index in [2.05, 4.69) is 18.8 Å². The first-order valence-corrected chi connectivity index (χ1v) is 8.09. The van der Waals surface area contributed by atoms with Gasteiger partial charge in [0.15, 0.2) is 10.8 Å². The van der Waals surface area contributed by atoms with Gasteiger partial charge >= 0.3 is 0 Å². The van der Waals surface area contributed by atoms with Crippen molar-refractivity contribution in [1.82, 2.24) is 13.9 Å². The van der Waals surface area contributed by atoms with Gasteiger partial charge in [0.05, 0.1) is 6.33 Å². The molecular formula is C12H24N4O2S. The second kappa shape index (κ2) is 6.38. The Labute approximate surface area is 115 Å². The molecule has 0 atom stereocenters. The standard InChI is InChI=1S/C12H24N4O2S/c1-5-10(6-2)8-16(7-3)19(17,18)12-11(13)14-9-15(12)4/h9-10H,5-8,13H2,1-4H3. The van der Waals surface area contributed by atoms with Gasteiger partial charge in [0.1, 0.15) is 0 Å². The molecule has 0 saturated carbocycles. The fourth-order valence-corrected chi connectivity index (χ4v) is 3.83. The fourth-order valence-electron chi connectivity index (χ4n) is 2.11. The van der Waals surface area contributed by atoms with Gasteiger partial charge in [0.25, 0.3) is 10.0 Å². The number of rotatable bonds is 7. The van der Waals surface area contributed by atoms with Gasteiger partial charge in [0.2, 0.25) is 0 Å². The summed E-state index contributed by atoms with van der Waals surface area (Å²) < 4.78 is 28.2. The van der Waals surface area contributed by atoms with Gasteiger partial charge in [-0.2, -0.15) is 4.31 Å². The van der Waals surface area contributed by atoms with Gasteiger partial charge in [-0.3, -0.25) is 0 Å². The minimum absolute atomic E-state index is 0.0606. The van der Waals surface area contributed by atoms with Crippen molar-refractivity contribution in [3.8, 4) is 0 Å². The van der Waals surface area contributed by atoms with Crippen LogP contribution in [0.4, 0.5) is 5.82 Å². The second-order valence-electron chi connectivity index (χ2n) is 4.68. The largest absolute Gasteiger partial charge is 0.381 e. The van der Waals surface area contributed by atoms with Gasteiger partial charge in [-0.15, -0.1) is 0 Å². The van der Waals surface area contributed by atoms with Crippen LogP contribution in [0.3, 0.4) is 0 Å². The third kappa shape index (κ3) is 3.27. The number of hydrogen-bond donors (Lipinski definition) is 1. The van der Waals surface area contributed by atoms with Crippen molar-refractivity contribution in [3.63, 3.8) is 0 Å². The predicted octanol–water partition coefficient (Wildman–Crippen LogP) is 1.45. The van der Waals surface area contributed by atoms with Crippen molar-refractivity contribution in [1.29, 1.82) is 0 Å². The highest BCUT2D eigenvalue weighted by atomic mass is 32.2. The Morgan fingerprint density at radius 1 is 1.37 bits per heavy atom. The van der Waals surface area contributed by atoms with E-state index in [1.807, 2.05) is 6.92 Å². The Kier molecular flexibility index (Phi) is 5.37. The van der Waals surface area contributed by atoms with E-state index >= 15 is 0 Å². The van der Waals surface area contributed by atoms with Crippen molar-refractivity contribution in [3.05, 3.63) is 6.33 Å². The van der Waals surface area contributed by atoms with Crippen LogP contribution in [0.15, 0.2) is 11.4 Å². The van der Waals surface area contributed by atoms with E-state index in [0.717, 1.165) is 12.8 Å². The summed E-state index contributed by atoms with van der Waals surface area (Å²) in [6.07, 6.45) is 3.35. The average molecular weight is 288 g/mol. The number of aryl methyl sites for hydroxylation is 1. The zero-order chi connectivity index (χ0) is 14.6. The minimum atomic E-state index is -3.58. The zero-order valence-electron chi connectivity index (χ0n) is 12.1. The highest BCUT2D eigenvalue weighted by molar-refractivity contribution is 7.89. The van der Waals surface area contributed by atoms with Gasteiger partial charge in [-0.05, 0) is 5.92 Å². The van der Waals surface area contributed by atoms with Crippen LogP contribution in [0.1, 0.15) is 33.6 Å². The quantitative estimate of drug-likeness (QED) is 0.823. The van der Waals surface area contributed by atoms with Crippen LogP contribution in [-0.4, -0.2) is 35.4 Å². The molecule has 0 unspecified atom stereocenters. The Bertz CT molecular complexity index is 486. The Morgan fingerprint density at radius 2 is 1.95 bits per heavy atom. The molecule has 0 bridgehead atoms. The lowest BCUT2D eigenvalue weighted by Gasteiger charge is -2.24. The van der Waals surface area contributed by atoms with E-state index in [-0.39, 0.29) is 10.8 Å². The van der Waals surface area contributed by atoms with Gasteiger partial charge in [0, 0.05) is 20.1 Å². The van der Waals surface area contributed by atoms with Crippen molar-refractivity contribution in [2.45, 2.75) is 38.6 Å². The summed E-state index contributed by atoms with van der Waals surface area (Å²) in [5, 5.41) is 0.0836. The number of anilines is 1. The smallest absolute Gasteiger partial charge is 0.262 e. The average Bonchev–Trinajstić information content (AvgIpc) is 2.70. The van der Waals surface area contributed by atoms with Crippen LogP contribution in [0.5, 0.6) is 0 Å². The minimum Gasteiger partial charge on any atom is -0.381 e. The topological polar surface area (TPSA) is 81.2 Å². The summed E-state index contributed by atoms with van der Waals surface area (Å²) in [5.74, 6) is 0.426. The van der Waals surface area contributed by atoms with Crippen molar-refractivity contribution >= 4 is 15.8 Å². The van der Waals surface area contributed by atoms with Crippen LogP contribution in [0, 0.1) is 5.92 Å². The van der Waals surface area contributed by atoms with E-state index in [0.29, 0.717) is 19.0 Å². The van der Waals surface area contributed by atoms with Crippen molar-refractivity contribution in [2.75, 3.05) is 18.8 Å². The van der Waals surface area contributed by atoms with Crippen LogP contribution in [0.2, 0.25) is 0 Å². The molecule has 1 aromatic rings. The van der Waals surface area contributed by atoms with Gasteiger partial charge < -0.3 is 10.3 Å². The first-order valence-electron chi connectivity index (χ1n) is 6.65. The van der Waals surface area contributed by atoms with Crippen LogP contribution >= 0.6 is 0 Å². The monoisotopic (exact) mass is 288 g/mol. The number of aromatic nitrogens is 2. The van der Waals surface area contributed by atoms with Crippen molar-refractivity contribution < 1.29 is 8.42 Å². The Morgan fingerprint density at radius 3 is 2.32 bits per heavy atom. The molecule has 0 aliphatic heterocycles. The Balaban J connectivity index is 3.09. The summed E-state index contributed by atoms with van der Waals surface area (Å²) >= 11 is 0. The molecule has 110 valence electrons. The van der Waals surface area contributed by atoms with Crippen LogP contribution in [-0.2, 0) is 17.1 Å². The molecular weight excluding hydrogens is 264 g/mol. The highest BCUT2D eigenvalue weighted by Gasteiger charge is 2.30. The molecule has 0 aromatic carbocycles. The lowest BCUT2D eigenvalue weighted by molar-refractivity contribution is 0.337.